The summed E-state index contributed by atoms with van der Waals surface area (Å²) in [6, 6.07) is 5.47. The second-order valence-electron chi connectivity index (χ2n) is 3.25. The molecule has 2 rings (SSSR count). The lowest BCUT2D eigenvalue weighted by molar-refractivity contribution is 1.18. The summed E-state index contributed by atoms with van der Waals surface area (Å²) < 4.78 is 0. The maximum atomic E-state index is 5.95. The van der Waals surface area contributed by atoms with Gasteiger partial charge in [-0.2, -0.15) is 0 Å². The van der Waals surface area contributed by atoms with Crippen molar-refractivity contribution in [3.8, 4) is 11.8 Å². The molecule has 0 atom stereocenters. The van der Waals surface area contributed by atoms with Crippen LogP contribution in [0.3, 0.4) is 0 Å². The van der Waals surface area contributed by atoms with E-state index in [4.69, 9.17) is 17.3 Å². The SMILES string of the molecule is CC.Nc1cccc(Cl)c1C#CC1CC1. The van der Waals surface area contributed by atoms with Crippen molar-refractivity contribution in [3.05, 3.63) is 28.8 Å². The van der Waals surface area contributed by atoms with Crippen molar-refractivity contribution in [1.82, 2.24) is 0 Å². The summed E-state index contributed by atoms with van der Waals surface area (Å²) in [4.78, 5) is 0. The summed E-state index contributed by atoms with van der Waals surface area (Å²) in [5.41, 5.74) is 7.18. The summed E-state index contributed by atoms with van der Waals surface area (Å²) in [5.74, 6) is 6.76. The van der Waals surface area contributed by atoms with Crippen LogP contribution in [0.25, 0.3) is 0 Å². The second kappa shape index (κ2) is 5.68. The van der Waals surface area contributed by atoms with Crippen molar-refractivity contribution in [2.24, 2.45) is 5.92 Å². The summed E-state index contributed by atoms with van der Waals surface area (Å²) in [6.07, 6.45) is 2.44. The van der Waals surface area contributed by atoms with Gasteiger partial charge in [-0.3, -0.25) is 0 Å². The summed E-state index contributed by atoms with van der Waals surface area (Å²) in [6.45, 7) is 4.00. The van der Waals surface area contributed by atoms with E-state index < -0.39 is 0 Å². The molecule has 1 aliphatic carbocycles. The third-order valence-corrected chi connectivity index (χ3v) is 2.34. The third kappa shape index (κ3) is 3.49. The van der Waals surface area contributed by atoms with Gasteiger partial charge in [-0.05, 0) is 25.0 Å². The van der Waals surface area contributed by atoms with Crippen LogP contribution in [-0.2, 0) is 0 Å². The molecular weight excluding hydrogens is 206 g/mol. The Bertz CT molecular complexity index is 363. The first-order chi connectivity index (χ1) is 7.27. The van der Waals surface area contributed by atoms with E-state index in [9.17, 15) is 0 Å². The Morgan fingerprint density at radius 2 is 2.00 bits per heavy atom. The molecule has 1 fully saturated rings. The highest BCUT2D eigenvalue weighted by atomic mass is 35.5. The highest BCUT2D eigenvalue weighted by Crippen LogP contribution is 2.28. The Labute approximate surface area is 96.6 Å². The fourth-order valence-electron chi connectivity index (χ4n) is 1.07. The molecule has 0 bridgehead atoms. The molecule has 0 aromatic heterocycles. The maximum absolute atomic E-state index is 5.95. The summed E-state index contributed by atoms with van der Waals surface area (Å²) >= 11 is 5.95. The summed E-state index contributed by atoms with van der Waals surface area (Å²) in [7, 11) is 0. The minimum atomic E-state index is 0.579. The van der Waals surface area contributed by atoms with Gasteiger partial charge in [0.2, 0.25) is 0 Å². The van der Waals surface area contributed by atoms with E-state index in [1.807, 2.05) is 32.0 Å². The maximum Gasteiger partial charge on any atom is 0.0661 e. The van der Waals surface area contributed by atoms with Gasteiger partial charge in [-0.25, -0.2) is 0 Å². The van der Waals surface area contributed by atoms with E-state index in [-0.39, 0.29) is 0 Å². The molecular formula is C13H16ClN. The molecule has 0 spiro atoms. The number of benzene rings is 1. The predicted octanol–water partition coefficient (Wildman–Crippen LogP) is 3.71. The minimum Gasteiger partial charge on any atom is -0.398 e. The van der Waals surface area contributed by atoms with Gasteiger partial charge in [0.15, 0.2) is 0 Å². The van der Waals surface area contributed by atoms with Gasteiger partial charge in [0, 0.05) is 11.6 Å². The zero-order valence-electron chi connectivity index (χ0n) is 9.18. The first-order valence-electron chi connectivity index (χ1n) is 5.33. The normalized spacial score (nSPS) is 13.3. The van der Waals surface area contributed by atoms with E-state index in [1.54, 1.807) is 0 Å². The monoisotopic (exact) mass is 221 g/mol. The third-order valence-electron chi connectivity index (χ3n) is 2.02. The molecule has 1 saturated carbocycles. The smallest absolute Gasteiger partial charge is 0.0661 e. The van der Waals surface area contributed by atoms with E-state index in [0.29, 0.717) is 16.6 Å². The number of hydrogen-bond acceptors (Lipinski definition) is 1. The largest absolute Gasteiger partial charge is 0.398 e. The van der Waals surface area contributed by atoms with Crippen LogP contribution < -0.4 is 5.73 Å². The molecule has 2 N–H and O–H groups in total. The van der Waals surface area contributed by atoms with Crippen molar-refractivity contribution in [3.63, 3.8) is 0 Å². The van der Waals surface area contributed by atoms with Crippen LogP contribution in [0.4, 0.5) is 5.69 Å². The van der Waals surface area contributed by atoms with Crippen LogP contribution in [0.15, 0.2) is 18.2 Å². The standard InChI is InChI=1S/C11H10ClN.C2H6/c12-10-2-1-3-11(13)9(10)7-6-8-4-5-8;1-2/h1-3,8H,4-5,13H2;1-2H3. The number of nitrogen functional groups attached to an aromatic ring is 1. The predicted molar refractivity (Wildman–Crippen MR) is 66.8 cm³/mol. The fraction of sp³-hybridized carbons (Fsp3) is 0.385. The zero-order chi connectivity index (χ0) is 11.3. The Kier molecular flexibility index (Phi) is 4.52. The highest BCUT2D eigenvalue weighted by molar-refractivity contribution is 6.32. The van der Waals surface area contributed by atoms with Crippen LogP contribution in [-0.4, -0.2) is 0 Å². The van der Waals surface area contributed by atoms with Crippen LogP contribution in [0, 0.1) is 17.8 Å². The minimum absolute atomic E-state index is 0.579. The first kappa shape index (κ1) is 11.9. The quantitative estimate of drug-likeness (QED) is 0.525. The van der Waals surface area contributed by atoms with Crippen LogP contribution in [0.2, 0.25) is 5.02 Å². The Morgan fingerprint density at radius 3 is 2.53 bits per heavy atom. The number of halogens is 1. The molecule has 80 valence electrons. The topological polar surface area (TPSA) is 26.0 Å². The van der Waals surface area contributed by atoms with Crippen molar-refractivity contribution in [1.29, 1.82) is 0 Å². The van der Waals surface area contributed by atoms with E-state index in [1.165, 1.54) is 12.8 Å². The van der Waals surface area contributed by atoms with Crippen molar-refractivity contribution in [2.45, 2.75) is 26.7 Å². The molecule has 1 aliphatic rings. The van der Waals surface area contributed by atoms with E-state index in [2.05, 4.69) is 11.8 Å². The number of hydrogen-bond donors (Lipinski definition) is 1. The number of nitrogens with two attached hydrogens (primary N) is 1. The molecule has 15 heavy (non-hydrogen) atoms. The molecule has 0 saturated heterocycles. The molecule has 2 heteroatoms. The average molecular weight is 222 g/mol. The first-order valence-corrected chi connectivity index (χ1v) is 5.70. The van der Waals surface area contributed by atoms with Gasteiger partial charge in [0.1, 0.15) is 0 Å². The molecule has 0 amide bonds. The van der Waals surface area contributed by atoms with Gasteiger partial charge in [-0.1, -0.05) is 43.4 Å². The summed E-state index contributed by atoms with van der Waals surface area (Å²) in [5, 5.41) is 0.646. The molecule has 0 unspecified atom stereocenters. The highest BCUT2D eigenvalue weighted by Gasteiger charge is 2.17. The second-order valence-corrected chi connectivity index (χ2v) is 3.65. The van der Waals surface area contributed by atoms with Crippen LogP contribution >= 0.6 is 11.6 Å². The lowest BCUT2D eigenvalue weighted by atomic mass is 10.2. The van der Waals surface area contributed by atoms with E-state index >= 15 is 0 Å². The lowest BCUT2D eigenvalue weighted by Gasteiger charge is -1.98. The van der Waals surface area contributed by atoms with Gasteiger partial charge < -0.3 is 5.73 Å². The van der Waals surface area contributed by atoms with E-state index in [0.717, 1.165) is 5.56 Å². The van der Waals surface area contributed by atoms with Gasteiger partial charge in [0.25, 0.3) is 0 Å². The Hall–Kier alpha value is -1.13. The van der Waals surface area contributed by atoms with Gasteiger partial charge >= 0.3 is 0 Å². The van der Waals surface area contributed by atoms with Gasteiger partial charge in [0.05, 0.1) is 10.6 Å². The van der Waals surface area contributed by atoms with Crippen molar-refractivity contribution >= 4 is 17.3 Å². The van der Waals surface area contributed by atoms with Gasteiger partial charge in [-0.15, -0.1) is 0 Å². The number of rotatable bonds is 0. The molecule has 0 aliphatic heterocycles. The Balaban J connectivity index is 0.000000531. The number of anilines is 1. The lowest BCUT2D eigenvalue weighted by Crippen LogP contribution is -1.90. The average Bonchev–Trinajstić information content (AvgIpc) is 3.04. The molecule has 0 heterocycles. The molecule has 1 nitrogen and oxygen atoms in total. The molecule has 0 radical (unpaired) electrons. The fourth-order valence-corrected chi connectivity index (χ4v) is 1.30. The van der Waals surface area contributed by atoms with Crippen LogP contribution in [0.1, 0.15) is 32.3 Å². The van der Waals surface area contributed by atoms with Crippen LogP contribution in [0.5, 0.6) is 0 Å². The molecule has 1 aromatic carbocycles. The Morgan fingerprint density at radius 1 is 1.33 bits per heavy atom. The molecule has 1 aromatic rings. The van der Waals surface area contributed by atoms with Crippen molar-refractivity contribution < 1.29 is 0 Å². The zero-order valence-corrected chi connectivity index (χ0v) is 9.93. The van der Waals surface area contributed by atoms with Crippen molar-refractivity contribution in [2.75, 3.05) is 5.73 Å².